The van der Waals surface area contributed by atoms with E-state index in [0.717, 1.165) is 51.1 Å². The lowest BCUT2D eigenvalue weighted by Gasteiger charge is -2.44. The lowest BCUT2D eigenvalue weighted by molar-refractivity contribution is -0.143. The fourth-order valence-electron chi connectivity index (χ4n) is 4.09. The molecule has 1 aromatic rings. The Labute approximate surface area is 156 Å². The summed E-state index contributed by atoms with van der Waals surface area (Å²) in [5.41, 5.74) is 0.902. The average molecular weight is 358 g/mol. The van der Waals surface area contributed by atoms with Crippen molar-refractivity contribution in [2.75, 3.05) is 31.1 Å². The van der Waals surface area contributed by atoms with Gasteiger partial charge in [0.05, 0.1) is 5.60 Å². The average Bonchev–Trinajstić information content (AvgIpc) is 2.69. The van der Waals surface area contributed by atoms with E-state index in [9.17, 15) is 9.59 Å². The van der Waals surface area contributed by atoms with Crippen LogP contribution in [-0.4, -0.2) is 48.6 Å². The van der Waals surface area contributed by atoms with Crippen molar-refractivity contribution in [2.24, 2.45) is 0 Å². The second kappa shape index (κ2) is 8.67. The fourth-order valence-corrected chi connectivity index (χ4v) is 4.09. The van der Waals surface area contributed by atoms with Gasteiger partial charge in [0.25, 0.3) is 0 Å². The summed E-state index contributed by atoms with van der Waals surface area (Å²) >= 11 is 0. The van der Waals surface area contributed by atoms with Crippen LogP contribution >= 0.6 is 0 Å². The molecule has 142 valence electrons. The largest absolute Gasteiger partial charge is 0.375 e. The molecular weight excluding hydrogens is 328 g/mol. The van der Waals surface area contributed by atoms with Crippen molar-refractivity contribution in [3.05, 3.63) is 30.3 Å². The van der Waals surface area contributed by atoms with Gasteiger partial charge in [-0.2, -0.15) is 0 Å². The zero-order valence-electron chi connectivity index (χ0n) is 15.8. The van der Waals surface area contributed by atoms with Gasteiger partial charge in [0.15, 0.2) is 0 Å². The monoisotopic (exact) mass is 358 g/mol. The van der Waals surface area contributed by atoms with Gasteiger partial charge in [-0.1, -0.05) is 18.2 Å². The van der Waals surface area contributed by atoms with Crippen molar-refractivity contribution in [3.8, 4) is 0 Å². The Morgan fingerprint density at radius 1 is 1.08 bits per heavy atom. The third-order valence-corrected chi connectivity index (χ3v) is 5.70. The minimum atomic E-state index is 0.0103. The van der Waals surface area contributed by atoms with E-state index in [1.165, 1.54) is 6.42 Å². The Bertz CT molecular complexity index is 601. The molecule has 2 fully saturated rings. The molecule has 0 radical (unpaired) electrons. The number of nitrogens with zero attached hydrogens (tertiary/aromatic N) is 2. The molecule has 2 amide bonds. The third-order valence-electron chi connectivity index (χ3n) is 5.70. The van der Waals surface area contributed by atoms with Crippen LogP contribution in [0.15, 0.2) is 30.3 Å². The Hall–Kier alpha value is -1.88. The van der Waals surface area contributed by atoms with E-state index in [1.807, 2.05) is 42.2 Å². The van der Waals surface area contributed by atoms with E-state index in [4.69, 9.17) is 4.74 Å². The van der Waals surface area contributed by atoms with Gasteiger partial charge < -0.3 is 14.5 Å². The fraction of sp³-hybridized carbons (Fsp3) is 0.619. The normalized spacial score (nSPS) is 19.3. The predicted octanol–water partition coefficient (Wildman–Crippen LogP) is 3.38. The van der Waals surface area contributed by atoms with Crippen LogP contribution in [0.1, 0.15) is 51.9 Å². The van der Waals surface area contributed by atoms with Gasteiger partial charge in [0, 0.05) is 44.8 Å². The molecule has 0 atom stereocenters. The maximum Gasteiger partial charge on any atom is 0.227 e. The molecule has 3 rings (SSSR count). The highest BCUT2D eigenvalue weighted by Crippen LogP contribution is 2.34. The molecule has 2 aliphatic heterocycles. The van der Waals surface area contributed by atoms with Crippen LogP contribution in [0.4, 0.5) is 5.69 Å². The number of anilines is 1. The van der Waals surface area contributed by atoms with Crippen LogP contribution in [0.5, 0.6) is 0 Å². The topological polar surface area (TPSA) is 49.9 Å². The molecule has 1 spiro atoms. The van der Waals surface area contributed by atoms with E-state index < -0.39 is 0 Å². The van der Waals surface area contributed by atoms with Gasteiger partial charge in [0.2, 0.25) is 11.8 Å². The van der Waals surface area contributed by atoms with Crippen molar-refractivity contribution in [3.63, 3.8) is 0 Å². The summed E-state index contributed by atoms with van der Waals surface area (Å²) in [4.78, 5) is 28.7. The lowest BCUT2D eigenvalue weighted by atomic mass is 9.84. The number of piperidine rings is 1. The summed E-state index contributed by atoms with van der Waals surface area (Å²) in [5, 5.41) is 0. The first-order valence-electron chi connectivity index (χ1n) is 9.91. The number of amides is 2. The van der Waals surface area contributed by atoms with Gasteiger partial charge >= 0.3 is 0 Å². The van der Waals surface area contributed by atoms with Gasteiger partial charge in [-0.15, -0.1) is 0 Å². The summed E-state index contributed by atoms with van der Waals surface area (Å²) in [5.74, 6) is 0.101. The minimum Gasteiger partial charge on any atom is -0.375 e. The molecule has 5 nitrogen and oxygen atoms in total. The first-order valence-corrected chi connectivity index (χ1v) is 9.91. The quantitative estimate of drug-likeness (QED) is 0.811. The molecule has 0 aliphatic carbocycles. The maximum absolute atomic E-state index is 12.5. The number of likely N-dealkylation sites (tertiary alicyclic amines) is 1. The highest BCUT2D eigenvalue weighted by Gasteiger charge is 2.37. The Balaban J connectivity index is 1.47. The number of carbonyl (C=O) groups excluding carboxylic acids is 2. The second-order valence-electron chi connectivity index (χ2n) is 7.34. The molecule has 2 heterocycles. The first kappa shape index (κ1) is 18.9. The number of benzene rings is 1. The number of hydrogen-bond donors (Lipinski definition) is 0. The first-order chi connectivity index (χ1) is 12.6. The van der Waals surface area contributed by atoms with E-state index in [1.54, 1.807) is 4.90 Å². The summed E-state index contributed by atoms with van der Waals surface area (Å²) in [6.45, 7) is 4.93. The number of para-hydroxylation sites is 1. The van der Waals surface area contributed by atoms with Crippen LogP contribution in [0.2, 0.25) is 0 Å². The molecule has 0 bridgehead atoms. The standard InChI is InChI=1S/C21H30N2O3/c1-2-23(18-8-4-3-5-9-18)20(25)11-10-19(24)22-15-13-21(14-16-22)12-6-7-17-26-21/h3-5,8-9H,2,6-7,10-17H2,1H3. The van der Waals surface area contributed by atoms with Crippen LogP contribution in [-0.2, 0) is 14.3 Å². The van der Waals surface area contributed by atoms with E-state index in [2.05, 4.69) is 0 Å². The summed E-state index contributed by atoms with van der Waals surface area (Å²) in [7, 11) is 0. The minimum absolute atomic E-state index is 0.0103. The Morgan fingerprint density at radius 2 is 1.81 bits per heavy atom. The smallest absolute Gasteiger partial charge is 0.227 e. The molecule has 26 heavy (non-hydrogen) atoms. The van der Waals surface area contributed by atoms with E-state index in [0.29, 0.717) is 6.54 Å². The van der Waals surface area contributed by atoms with Crippen LogP contribution in [0.3, 0.4) is 0 Å². The zero-order valence-corrected chi connectivity index (χ0v) is 15.8. The zero-order chi connectivity index (χ0) is 18.4. The van der Waals surface area contributed by atoms with E-state index >= 15 is 0 Å². The number of hydrogen-bond acceptors (Lipinski definition) is 3. The Kier molecular flexibility index (Phi) is 6.30. The van der Waals surface area contributed by atoms with E-state index in [-0.39, 0.29) is 30.3 Å². The Morgan fingerprint density at radius 3 is 2.42 bits per heavy atom. The number of carbonyl (C=O) groups is 2. The molecule has 0 unspecified atom stereocenters. The SMILES string of the molecule is CCN(C(=O)CCC(=O)N1CCC2(CCCCO2)CC1)c1ccccc1. The summed E-state index contributed by atoms with van der Waals surface area (Å²) < 4.78 is 6.03. The van der Waals surface area contributed by atoms with Crippen molar-refractivity contribution < 1.29 is 14.3 Å². The van der Waals surface area contributed by atoms with Gasteiger partial charge in [-0.3, -0.25) is 9.59 Å². The van der Waals surface area contributed by atoms with Gasteiger partial charge in [-0.25, -0.2) is 0 Å². The highest BCUT2D eigenvalue weighted by atomic mass is 16.5. The van der Waals surface area contributed by atoms with Crippen LogP contribution in [0, 0.1) is 0 Å². The highest BCUT2D eigenvalue weighted by molar-refractivity contribution is 5.95. The molecule has 0 aromatic heterocycles. The molecule has 5 heteroatoms. The van der Waals surface area contributed by atoms with Gasteiger partial charge in [0.1, 0.15) is 0 Å². The van der Waals surface area contributed by atoms with Crippen molar-refractivity contribution in [1.29, 1.82) is 0 Å². The maximum atomic E-state index is 12.5. The van der Waals surface area contributed by atoms with Crippen LogP contribution < -0.4 is 4.90 Å². The number of rotatable bonds is 5. The van der Waals surface area contributed by atoms with Crippen molar-refractivity contribution in [1.82, 2.24) is 4.90 Å². The molecule has 2 aliphatic rings. The van der Waals surface area contributed by atoms with Crippen LogP contribution in [0.25, 0.3) is 0 Å². The van der Waals surface area contributed by atoms with Crippen molar-refractivity contribution in [2.45, 2.75) is 57.5 Å². The predicted molar refractivity (Wildman–Crippen MR) is 102 cm³/mol. The molecule has 2 saturated heterocycles. The molecule has 0 saturated carbocycles. The lowest BCUT2D eigenvalue weighted by Crippen LogP contribution is -2.49. The van der Waals surface area contributed by atoms with Crippen molar-refractivity contribution >= 4 is 17.5 Å². The molecule has 0 N–H and O–H groups in total. The number of ether oxygens (including phenoxy) is 1. The van der Waals surface area contributed by atoms with Gasteiger partial charge in [-0.05, 0) is 51.2 Å². The summed E-state index contributed by atoms with van der Waals surface area (Å²) in [6.07, 6.45) is 5.91. The molecule has 1 aromatic carbocycles. The third kappa shape index (κ3) is 4.44. The summed E-state index contributed by atoms with van der Waals surface area (Å²) in [6, 6.07) is 9.64. The second-order valence-corrected chi connectivity index (χ2v) is 7.34. The molecular formula is C21H30N2O3.